The topological polar surface area (TPSA) is 63.6 Å². The Labute approximate surface area is 196 Å². The van der Waals surface area contributed by atoms with Crippen LogP contribution in [0.25, 0.3) is 10.8 Å². The highest BCUT2D eigenvalue weighted by Crippen LogP contribution is 2.41. The number of ketones is 1. The second-order valence-corrected chi connectivity index (χ2v) is 9.81. The lowest BCUT2D eigenvalue weighted by Crippen LogP contribution is -2.27. The minimum Gasteiger partial charge on any atom is -0.486 e. The van der Waals surface area contributed by atoms with Crippen LogP contribution >= 0.6 is 0 Å². The van der Waals surface area contributed by atoms with E-state index < -0.39 is 11.4 Å². The number of Topliss-reactive ketones (excluding diaryl/α,β-unsaturated/α-hetero) is 1. The predicted octanol–water partition coefficient (Wildman–Crippen LogP) is 6.95. The third kappa shape index (κ3) is 4.95. The van der Waals surface area contributed by atoms with Crippen molar-refractivity contribution < 1.29 is 19.4 Å². The lowest BCUT2D eigenvalue weighted by atomic mass is 9.70. The van der Waals surface area contributed by atoms with Gasteiger partial charge in [-0.2, -0.15) is 0 Å². The van der Waals surface area contributed by atoms with Gasteiger partial charge in [0.25, 0.3) is 0 Å². The van der Waals surface area contributed by atoms with Gasteiger partial charge >= 0.3 is 5.97 Å². The minimum atomic E-state index is -0.921. The first-order valence-electron chi connectivity index (χ1n) is 11.6. The van der Waals surface area contributed by atoms with Crippen molar-refractivity contribution in [3.63, 3.8) is 0 Å². The summed E-state index contributed by atoms with van der Waals surface area (Å²) in [5.74, 6) is -0.128. The van der Waals surface area contributed by atoms with Gasteiger partial charge in [-0.3, -0.25) is 4.79 Å². The largest absolute Gasteiger partial charge is 0.486 e. The zero-order valence-electron chi connectivity index (χ0n) is 20.5. The fourth-order valence-electron chi connectivity index (χ4n) is 4.38. The van der Waals surface area contributed by atoms with E-state index >= 15 is 0 Å². The first-order chi connectivity index (χ1) is 15.5. The Kier molecular flexibility index (Phi) is 6.97. The maximum atomic E-state index is 12.3. The molecule has 0 radical (unpaired) electrons. The van der Waals surface area contributed by atoms with Gasteiger partial charge in [0.2, 0.25) is 0 Å². The van der Waals surface area contributed by atoms with Crippen molar-refractivity contribution in [2.24, 2.45) is 5.41 Å². The van der Waals surface area contributed by atoms with Crippen LogP contribution in [0, 0.1) is 12.3 Å². The van der Waals surface area contributed by atoms with Gasteiger partial charge in [-0.25, -0.2) is 4.79 Å². The van der Waals surface area contributed by atoms with E-state index in [1.165, 1.54) is 11.1 Å². The van der Waals surface area contributed by atoms with E-state index in [0.29, 0.717) is 5.56 Å². The standard InChI is InChI=1S/C29H34O4/c1-7-29(8-2,24-12-11-20-9-10-21(27(31)32)16-22(20)17-24)23-13-14-25(19(3)15-23)33-18-26(30)28(4,5)6/h9-17H,7-8,18H2,1-6H3,(H,31,32). The number of aryl methyl sites for hydroxylation is 1. The fourth-order valence-corrected chi connectivity index (χ4v) is 4.38. The maximum absolute atomic E-state index is 12.3. The van der Waals surface area contributed by atoms with Crippen LogP contribution in [0.3, 0.4) is 0 Å². The Balaban J connectivity index is 2.00. The number of aromatic carboxylic acids is 1. The van der Waals surface area contributed by atoms with Crippen LogP contribution in [0.5, 0.6) is 5.75 Å². The van der Waals surface area contributed by atoms with Crippen LogP contribution < -0.4 is 4.74 Å². The molecule has 1 N–H and O–H groups in total. The molecule has 0 spiro atoms. The number of carbonyl (C=O) groups is 2. The van der Waals surface area contributed by atoms with Gasteiger partial charge in [-0.15, -0.1) is 0 Å². The van der Waals surface area contributed by atoms with Crippen molar-refractivity contribution in [3.8, 4) is 5.75 Å². The molecule has 3 aromatic carbocycles. The van der Waals surface area contributed by atoms with Gasteiger partial charge in [0.15, 0.2) is 5.78 Å². The fraction of sp³-hybridized carbons (Fsp3) is 0.379. The highest BCUT2D eigenvalue weighted by atomic mass is 16.5. The maximum Gasteiger partial charge on any atom is 0.335 e. The van der Waals surface area contributed by atoms with Crippen molar-refractivity contribution in [1.29, 1.82) is 0 Å². The lowest BCUT2D eigenvalue weighted by Gasteiger charge is -2.34. The van der Waals surface area contributed by atoms with Gasteiger partial charge < -0.3 is 9.84 Å². The molecule has 4 nitrogen and oxygen atoms in total. The highest BCUT2D eigenvalue weighted by Gasteiger charge is 2.31. The molecular formula is C29H34O4. The second kappa shape index (κ2) is 9.38. The molecule has 0 aromatic heterocycles. The lowest BCUT2D eigenvalue weighted by molar-refractivity contribution is -0.128. The molecule has 0 saturated carbocycles. The number of carbonyl (C=O) groups excluding carboxylic acids is 1. The molecule has 4 heteroatoms. The van der Waals surface area contributed by atoms with Gasteiger partial charge in [0, 0.05) is 10.8 Å². The van der Waals surface area contributed by atoms with Crippen molar-refractivity contribution in [2.75, 3.05) is 6.61 Å². The molecule has 0 bridgehead atoms. The van der Waals surface area contributed by atoms with Crippen LogP contribution in [-0.4, -0.2) is 23.5 Å². The van der Waals surface area contributed by atoms with E-state index in [-0.39, 0.29) is 17.8 Å². The van der Waals surface area contributed by atoms with Crippen LogP contribution in [0.2, 0.25) is 0 Å². The molecule has 0 aliphatic carbocycles. The molecular weight excluding hydrogens is 412 g/mol. The van der Waals surface area contributed by atoms with Crippen LogP contribution in [0.15, 0.2) is 54.6 Å². The molecule has 0 atom stereocenters. The number of carboxylic acids is 1. The molecule has 0 aliphatic heterocycles. The van der Waals surface area contributed by atoms with E-state index in [1.54, 1.807) is 12.1 Å². The number of carboxylic acid groups (broad SMARTS) is 1. The van der Waals surface area contributed by atoms with Crippen molar-refractivity contribution in [2.45, 2.75) is 59.8 Å². The molecule has 3 aromatic rings. The summed E-state index contributed by atoms with van der Waals surface area (Å²) in [6, 6.07) is 17.8. The van der Waals surface area contributed by atoms with Crippen LogP contribution in [-0.2, 0) is 10.2 Å². The first-order valence-corrected chi connectivity index (χ1v) is 11.6. The number of rotatable bonds is 8. The Morgan fingerprint density at radius 3 is 2.03 bits per heavy atom. The summed E-state index contributed by atoms with van der Waals surface area (Å²) < 4.78 is 5.85. The Morgan fingerprint density at radius 1 is 0.848 bits per heavy atom. The van der Waals surface area contributed by atoms with E-state index in [2.05, 4.69) is 44.2 Å². The molecule has 0 saturated heterocycles. The summed E-state index contributed by atoms with van der Waals surface area (Å²) in [4.78, 5) is 23.7. The first kappa shape index (κ1) is 24.5. The third-order valence-electron chi connectivity index (χ3n) is 6.77. The zero-order valence-corrected chi connectivity index (χ0v) is 20.5. The number of ether oxygens (including phenoxy) is 1. The summed E-state index contributed by atoms with van der Waals surface area (Å²) in [6.45, 7) is 12.1. The monoisotopic (exact) mass is 446 g/mol. The van der Waals surface area contributed by atoms with Crippen molar-refractivity contribution in [3.05, 3.63) is 76.9 Å². The minimum absolute atomic E-state index is 0.0625. The number of hydrogen-bond donors (Lipinski definition) is 1. The number of fused-ring (bicyclic) bond motifs is 1. The van der Waals surface area contributed by atoms with E-state index in [0.717, 1.165) is 34.9 Å². The molecule has 0 unspecified atom stereocenters. The molecule has 0 aliphatic rings. The Hall–Kier alpha value is -3.14. The van der Waals surface area contributed by atoms with E-state index in [9.17, 15) is 14.7 Å². The van der Waals surface area contributed by atoms with Gasteiger partial charge in [0.1, 0.15) is 12.4 Å². The van der Waals surface area contributed by atoms with Crippen LogP contribution in [0.1, 0.15) is 74.5 Å². The SMILES string of the molecule is CCC(CC)(c1ccc(OCC(=O)C(C)(C)C)c(C)c1)c1ccc2ccc(C(=O)O)cc2c1. The zero-order chi connectivity index (χ0) is 24.4. The second-order valence-electron chi connectivity index (χ2n) is 9.81. The van der Waals surface area contributed by atoms with Gasteiger partial charge in [-0.1, -0.05) is 71.0 Å². The highest BCUT2D eigenvalue weighted by molar-refractivity contribution is 5.94. The van der Waals surface area contributed by atoms with Gasteiger partial charge in [0.05, 0.1) is 5.56 Å². The quantitative estimate of drug-likeness (QED) is 0.407. The summed E-state index contributed by atoms with van der Waals surface area (Å²) >= 11 is 0. The average molecular weight is 447 g/mol. The number of hydrogen-bond acceptors (Lipinski definition) is 3. The van der Waals surface area contributed by atoms with Gasteiger partial charge in [-0.05, 0) is 65.4 Å². The molecule has 0 fully saturated rings. The van der Waals surface area contributed by atoms with E-state index in [4.69, 9.17) is 4.74 Å². The third-order valence-corrected chi connectivity index (χ3v) is 6.77. The smallest absolute Gasteiger partial charge is 0.335 e. The Morgan fingerprint density at radius 2 is 1.45 bits per heavy atom. The van der Waals surface area contributed by atoms with E-state index in [1.807, 2.05) is 39.8 Å². The molecule has 33 heavy (non-hydrogen) atoms. The number of benzene rings is 3. The Bertz CT molecular complexity index is 1180. The normalized spacial score (nSPS) is 12.1. The summed E-state index contributed by atoms with van der Waals surface area (Å²) in [5.41, 5.74) is 3.00. The van der Waals surface area contributed by atoms with Crippen molar-refractivity contribution in [1.82, 2.24) is 0 Å². The molecule has 3 rings (SSSR count). The molecule has 174 valence electrons. The molecule has 0 heterocycles. The summed E-state index contributed by atoms with van der Waals surface area (Å²) in [5, 5.41) is 11.3. The van der Waals surface area contributed by atoms with Crippen molar-refractivity contribution >= 4 is 22.5 Å². The molecule has 0 amide bonds. The predicted molar refractivity (Wildman–Crippen MR) is 133 cm³/mol. The van der Waals surface area contributed by atoms with Crippen LogP contribution in [0.4, 0.5) is 0 Å². The summed E-state index contributed by atoms with van der Waals surface area (Å²) in [6.07, 6.45) is 1.80. The average Bonchev–Trinajstić information content (AvgIpc) is 2.78. The summed E-state index contributed by atoms with van der Waals surface area (Å²) in [7, 11) is 0.